The monoisotopic (exact) mass is 256 g/mol. The van der Waals surface area contributed by atoms with Gasteiger partial charge in [0, 0.05) is 6.20 Å². The van der Waals surface area contributed by atoms with Crippen molar-refractivity contribution in [2.45, 2.75) is 6.18 Å². The van der Waals surface area contributed by atoms with Crippen molar-refractivity contribution in [3.63, 3.8) is 0 Å². The van der Waals surface area contributed by atoms with Crippen LogP contribution in [0.25, 0.3) is 11.3 Å². The van der Waals surface area contributed by atoms with Crippen LogP contribution in [-0.2, 0) is 6.18 Å². The van der Waals surface area contributed by atoms with Gasteiger partial charge in [-0.1, -0.05) is 6.07 Å². The van der Waals surface area contributed by atoms with Gasteiger partial charge in [-0.25, -0.2) is 4.39 Å². The molecule has 0 aliphatic rings. The number of pyridine rings is 1. The van der Waals surface area contributed by atoms with Crippen LogP contribution in [0.5, 0.6) is 0 Å². The van der Waals surface area contributed by atoms with E-state index in [9.17, 15) is 17.6 Å². The minimum atomic E-state index is -4.67. The highest BCUT2D eigenvalue weighted by Gasteiger charge is 2.35. The Bertz CT molecular complexity index is 579. The minimum Gasteiger partial charge on any atom is -0.397 e. The van der Waals surface area contributed by atoms with E-state index in [2.05, 4.69) is 4.98 Å². The molecule has 2 aromatic rings. The van der Waals surface area contributed by atoms with Gasteiger partial charge in [-0.15, -0.1) is 0 Å². The van der Waals surface area contributed by atoms with Gasteiger partial charge >= 0.3 is 6.18 Å². The fourth-order valence-electron chi connectivity index (χ4n) is 1.63. The van der Waals surface area contributed by atoms with E-state index in [-0.39, 0.29) is 11.4 Å². The van der Waals surface area contributed by atoms with Gasteiger partial charge in [-0.05, 0) is 24.3 Å². The molecular weight excluding hydrogens is 248 g/mol. The molecule has 18 heavy (non-hydrogen) atoms. The number of anilines is 1. The topological polar surface area (TPSA) is 38.9 Å². The lowest BCUT2D eigenvalue weighted by molar-refractivity contribution is -0.137. The molecule has 6 heteroatoms. The molecule has 1 heterocycles. The first-order valence-corrected chi connectivity index (χ1v) is 4.98. The molecule has 0 amide bonds. The predicted molar refractivity (Wildman–Crippen MR) is 59.0 cm³/mol. The van der Waals surface area contributed by atoms with E-state index >= 15 is 0 Å². The maximum atomic E-state index is 13.7. The lowest BCUT2D eigenvalue weighted by Crippen LogP contribution is -2.09. The van der Waals surface area contributed by atoms with Crippen LogP contribution < -0.4 is 5.73 Å². The van der Waals surface area contributed by atoms with Crippen LogP contribution in [0.15, 0.2) is 36.5 Å². The average molecular weight is 256 g/mol. The zero-order valence-corrected chi connectivity index (χ0v) is 9.00. The van der Waals surface area contributed by atoms with Gasteiger partial charge < -0.3 is 5.73 Å². The van der Waals surface area contributed by atoms with Crippen LogP contribution >= 0.6 is 0 Å². The third-order valence-corrected chi connectivity index (χ3v) is 2.39. The molecule has 1 aromatic carbocycles. The Morgan fingerprint density at radius 3 is 2.39 bits per heavy atom. The van der Waals surface area contributed by atoms with Crippen molar-refractivity contribution >= 4 is 5.69 Å². The first-order chi connectivity index (χ1) is 8.41. The molecule has 0 saturated heterocycles. The quantitative estimate of drug-likeness (QED) is 0.793. The molecule has 0 radical (unpaired) electrons. The molecule has 2 nitrogen and oxygen atoms in total. The fraction of sp³-hybridized carbons (Fsp3) is 0.0833. The molecule has 0 aliphatic carbocycles. The number of hydrogen-bond acceptors (Lipinski definition) is 2. The summed E-state index contributed by atoms with van der Waals surface area (Å²) in [4.78, 5) is 3.72. The summed E-state index contributed by atoms with van der Waals surface area (Å²) in [6.07, 6.45) is -3.40. The summed E-state index contributed by atoms with van der Waals surface area (Å²) >= 11 is 0. The van der Waals surface area contributed by atoms with E-state index in [0.29, 0.717) is 0 Å². The fourth-order valence-corrected chi connectivity index (χ4v) is 1.63. The third-order valence-electron chi connectivity index (χ3n) is 2.39. The van der Waals surface area contributed by atoms with Gasteiger partial charge in [0.05, 0.1) is 22.5 Å². The number of nitrogen functional groups attached to an aromatic ring is 1. The molecule has 0 fully saturated rings. The first-order valence-electron chi connectivity index (χ1n) is 4.98. The molecule has 0 saturated carbocycles. The standard InChI is InChI=1S/C12H8F4N2/c13-8-4-1-3-7(12(14,15)16)10(8)11-9(17)5-2-6-18-11/h1-6H,17H2. The lowest BCUT2D eigenvalue weighted by Gasteiger charge is -2.14. The Morgan fingerprint density at radius 1 is 1.06 bits per heavy atom. The molecule has 1 aromatic heterocycles. The van der Waals surface area contributed by atoms with Crippen molar-refractivity contribution < 1.29 is 17.6 Å². The molecule has 0 aliphatic heterocycles. The van der Waals surface area contributed by atoms with Crippen molar-refractivity contribution in [2.75, 3.05) is 5.73 Å². The van der Waals surface area contributed by atoms with Crippen LogP contribution in [0.3, 0.4) is 0 Å². The van der Waals surface area contributed by atoms with E-state index in [4.69, 9.17) is 5.73 Å². The highest BCUT2D eigenvalue weighted by atomic mass is 19.4. The molecule has 0 spiro atoms. The van der Waals surface area contributed by atoms with E-state index in [1.807, 2.05) is 0 Å². The molecule has 2 N–H and O–H groups in total. The zero-order valence-electron chi connectivity index (χ0n) is 9.00. The van der Waals surface area contributed by atoms with Crippen molar-refractivity contribution in [2.24, 2.45) is 0 Å². The number of hydrogen-bond donors (Lipinski definition) is 1. The number of aromatic nitrogens is 1. The molecule has 0 bridgehead atoms. The number of nitrogens with zero attached hydrogens (tertiary/aromatic N) is 1. The number of alkyl halides is 3. The highest BCUT2D eigenvalue weighted by molar-refractivity contribution is 5.75. The number of rotatable bonds is 1. The number of nitrogens with two attached hydrogens (primary N) is 1. The highest BCUT2D eigenvalue weighted by Crippen LogP contribution is 2.39. The zero-order chi connectivity index (χ0) is 13.3. The summed E-state index contributed by atoms with van der Waals surface area (Å²) in [5.41, 5.74) is 3.61. The minimum absolute atomic E-state index is 0.00639. The SMILES string of the molecule is Nc1cccnc1-c1c(F)cccc1C(F)(F)F. The molecule has 0 unspecified atom stereocenters. The van der Waals surface area contributed by atoms with Crippen LogP contribution in [0.4, 0.5) is 23.2 Å². The molecule has 2 rings (SSSR count). The second-order valence-electron chi connectivity index (χ2n) is 3.60. The Morgan fingerprint density at radius 2 is 1.78 bits per heavy atom. The number of halogens is 4. The summed E-state index contributed by atoms with van der Waals surface area (Å²) in [6, 6.07) is 5.58. The first kappa shape index (κ1) is 12.3. The maximum absolute atomic E-state index is 13.7. The Labute approximate surface area is 100 Å². The largest absolute Gasteiger partial charge is 0.417 e. The summed E-state index contributed by atoms with van der Waals surface area (Å²) in [5.74, 6) is -1.00. The summed E-state index contributed by atoms with van der Waals surface area (Å²) < 4.78 is 52.1. The average Bonchev–Trinajstić information content (AvgIpc) is 2.29. The maximum Gasteiger partial charge on any atom is 0.417 e. The second-order valence-corrected chi connectivity index (χ2v) is 3.60. The van der Waals surface area contributed by atoms with Crippen molar-refractivity contribution in [1.29, 1.82) is 0 Å². The van der Waals surface area contributed by atoms with Crippen molar-refractivity contribution in [3.05, 3.63) is 47.9 Å². The Balaban J connectivity index is 2.75. The van der Waals surface area contributed by atoms with E-state index in [1.54, 1.807) is 0 Å². The van der Waals surface area contributed by atoms with Crippen LogP contribution in [0, 0.1) is 5.82 Å². The van der Waals surface area contributed by atoms with Crippen LogP contribution in [-0.4, -0.2) is 4.98 Å². The van der Waals surface area contributed by atoms with E-state index < -0.39 is 23.1 Å². The van der Waals surface area contributed by atoms with Crippen LogP contribution in [0.2, 0.25) is 0 Å². The van der Waals surface area contributed by atoms with Crippen molar-refractivity contribution in [1.82, 2.24) is 4.98 Å². The third kappa shape index (κ3) is 2.13. The van der Waals surface area contributed by atoms with Gasteiger partial charge in [-0.2, -0.15) is 13.2 Å². The Kier molecular flexibility index (Phi) is 2.94. The lowest BCUT2D eigenvalue weighted by atomic mass is 10.0. The van der Waals surface area contributed by atoms with Gasteiger partial charge in [0.2, 0.25) is 0 Å². The smallest absolute Gasteiger partial charge is 0.397 e. The number of benzene rings is 1. The molecular formula is C12H8F4N2. The molecule has 94 valence electrons. The van der Waals surface area contributed by atoms with Gasteiger partial charge in [0.1, 0.15) is 5.82 Å². The molecule has 0 atom stereocenters. The predicted octanol–water partition coefficient (Wildman–Crippen LogP) is 3.49. The van der Waals surface area contributed by atoms with E-state index in [1.165, 1.54) is 18.3 Å². The summed E-state index contributed by atoms with van der Waals surface area (Å²) in [6.45, 7) is 0. The summed E-state index contributed by atoms with van der Waals surface area (Å²) in [7, 11) is 0. The van der Waals surface area contributed by atoms with Crippen molar-refractivity contribution in [3.8, 4) is 11.3 Å². The van der Waals surface area contributed by atoms with Crippen LogP contribution in [0.1, 0.15) is 5.56 Å². The van der Waals surface area contributed by atoms with Gasteiger partial charge in [0.15, 0.2) is 0 Å². The van der Waals surface area contributed by atoms with E-state index in [0.717, 1.165) is 18.2 Å². The van der Waals surface area contributed by atoms with Gasteiger partial charge in [-0.3, -0.25) is 4.98 Å². The summed E-state index contributed by atoms with van der Waals surface area (Å²) in [5, 5.41) is 0. The normalized spacial score (nSPS) is 11.6. The van der Waals surface area contributed by atoms with Gasteiger partial charge in [0.25, 0.3) is 0 Å². The second kappa shape index (κ2) is 4.29. The Hall–Kier alpha value is -2.11.